The van der Waals surface area contributed by atoms with Crippen molar-refractivity contribution in [1.82, 2.24) is 0 Å². The van der Waals surface area contributed by atoms with Gasteiger partial charge in [-0.15, -0.1) is 0 Å². The lowest BCUT2D eigenvalue weighted by atomic mass is 9.81. The van der Waals surface area contributed by atoms with Gasteiger partial charge in [0.1, 0.15) is 5.75 Å². The molecule has 0 saturated heterocycles. The Morgan fingerprint density at radius 1 is 0.769 bits per heavy atom. The molecule has 138 valence electrons. The molecule has 5 heteroatoms. The molecule has 0 aliphatic rings. The van der Waals surface area contributed by atoms with Crippen LogP contribution in [0.3, 0.4) is 0 Å². The van der Waals surface area contributed by atoms with Gasteiger partial charge in [-0.1, -0.05) is 42.5 Å². The van der Waals surface area contributed by atoms with E-state index in [-0.39, 0.29) is 13.2 Å². The highest BCUT2D eigenvalue weighted by Gasteiger charge is 2.38. The van der Waals surface area contributed by atoms with Crippen LogP contribution in [0.4, 0.5) is 0 Å². The first-order valence-corrected chi connectivity index (χ1v) is 8.64. The van der Waals surface area contributed by atoms with Crippen molar-refractivity contribution in [1.29, 1.82) is 0 Å². The van der Waals surface area contributed by atoms with Crippen molar-refractivity contribution in [2.45, 2.75) is 25.7 Å². The van der Waals surface area contributed by atoms with Crippen molar-refractivity contribution in [3.63, 3.8) is 0 Å². The third-order valence-electron chi connectivity index (χ3n) is 4.05. The number of ether oxygens (including phenoxy) is 3. The van der Waals surface area contributed by atoms with E-state index in [0.29, 0.717) is 16.9 Å². The zero-order valence-corrected chi connectivity index (χ0v) is 15.3. The topological polar surface area (TPSA) is 61.8 Å². The Labute approximate surface area is 153 Å². The van der Waals surface area contributed by atoms with Gasteiger partial charge in [-0.25, -0.2) is 0 Å². The standard InChI is InChI=1S/C21H24O5/c1-4-25-20(22)18(15-9-7-6-8-10-15)19(21(23)26-5-2)16-11-13-17(24-3)14-12-16/h6-14,18-19H,4-5H2,1-3H3. The predicted octanol–water partition coefficient (Wildman–Crippen LogP) is 3.69. The fourth-order valence-electron chi connectivity index (χ4n) is 2.86. The molecule has 2 aromatic rings. The predicted molar refractivity (Wildman–Crippen MR) is 98.2 cm³/mol. The molecular formula is C21H24O5. The Morgan fingerprint density at radius 2 is 1.23 bits per heavy atom. The summed E-state index contributed by atoms with van der Waals surface area (Å²) in [6, 6.07) is 16.2. The minimum atomic E-state index is -0.803. The lowest BCUT2D eigenvalue weighted by Gasteiger charge is -2.25. The highest BCUT2D eigenvalue weighted by atomic mass is 16.5. The molecule has 0 spiro atoms. The second kappa shape index (κ2) is 9.61. The number of methoxy groups -OCH3 is 1. The SMILES string of the molecule is CCOC(=O)C(c1ccccc1)C(C(=O)OCC)c1ccc(OC)cc1. The van der Waals surface area contributed by atoms with Gasteiger partial charge in [0.15, 0.2) is 0 Å². The zero-order valence-electron chi connectivity index (χ0n) is 15.3. The number of hydrogen-bond donors (Lipinski definition) is 0. The molecule has 0 amide bonds. The molecule has 5 nitrogen and oxygen atoms in total. The van der Waals surface area contributed by atoms with E-state index in [2.05, 4.69) is 0 Å². The summed E-state index contributed by atoms with van der Waals surface area (Å²) in [4.78, 5) is 25.5. The van der Waals surface area contributed by atoms with Gasteiger partial charge >= 0.3 is 11.9 Å². The van der Waals surface area contributed by atoms with Crippen LogP contribution in [-0.2, 0) is 19.1 Å². The summed E-state index contributed by atoms with van der Waals surface area (Å²) in [6.07, 6.45) is 0. The average molecular weight is 356 g/mol. The van der Waals surface area contributed by atoms with Crippen molar-refractivity contribution >= 4 is 11.9 Å². The average Bonchev–Trinajstić information content (AvgIpc) is 2.67. The van der Waals surface area contributed by atoms with Gasteiger partial charge in [-0.05, 0) is 37.1 Å². The van der Waals surface area contributed by atoms with Crippen molar-refractivity contribution in [3.05, 3.63) is 65.7 Å². The Morgan fingerprint density at radius 3 is 1.65 bits per heavy atom. The first-order valence-electron chi connectivity index (χ1n) is 8.64. The number of esters is 2. The summed E-state index contributed by atoms with van der Waals surface area (Å²) in [5, 5.41) is 0. The molecule has 2 unspecified atom stereocenters. The highest BCUT2D eigenvalue weighted by Crippen LogP contribution is 2.36. The molecule has 2 rings (SSSR count). The van der Waals surface area contributed by atoms with Crippen LogP contribution >= 0.6 is 0 Å². The first kappa shape index (κ1) is 19.5. The van der Waals surface area contributed by atoms with Crippen LogP contribution in [0.25, 0.3) is 0 Å². The van der Waals surface area contributed by atoms with Crippen LogP contribution in [-0.4, -0.2) is 32.3 Å². The van der Waals surface area contributed by atoms with Gasteiger partial charge in [0, 0.05) is 0 Å². The molecule has 0 heterocycles. The fourth-order valence-corrected chi connectivity index (χ4v) is 2.86. The van der Waals surface area contributed by atoms with Crippen LogP contribution in [0, 0.1) is 0 Å². The molecule has 2 atom stereocenters. The molecule has 26 heavy (non-hydrogen) atoms. The first-order chi connectivity index (χ1) is 12.6. The molecular weight excluding hydrogens is 332 g/mol. The molecule has 0 radical (unpaired) electrons. The second-order valence-corrected chi connectivity index (χ2v) is 5.64. The van der Waals surface area contributed by atoms with Crippen molar-refractivity contribution < 1.29 is 23.8 Å². The quantitative estimate of drug-likeness (QED) is 0.675. The maximum atomic E-state index is 12.8. The Kier molecular flexibility index (Phi) is 7.21. The third kappa shape index (κ3) is 4.63. The molecule has 0 N–H and O–H groups in total. The van der Waals surface area contributed by atoms with Gasteiger partial charge in [0.2, 0.25) is 0 Å². The van der Waals surface area contributed by atoms with Crippen molar-refractivity contribution in [2.75, 3.05) is 20.3 Å². The number of rotatable bonds is 8. The van der Waals surface area contributed by atoms with Gasteiger partial charge in [-0.3, -0.25) is 9.59 Å². The van der Waals surface area contributed by atoms with Crippen LogP contribution in [0.1, 0.15) is 36.8 Å². The lowest BCUT2D eigenvalue weighted by Crippen LogP contribution is -2.29. The maximum Gasteiger partial charge on any atom is 0.314 e. The summed E-state index contributed by atoms with van der Waals surface area (Å²) >= 11 is 0. The van der Waals surface area contributed by atoms with Crippen molar-refractivity contribution in [3.8, 4) is 5.75 Å². The van der Waals surface area contributed by atoms with Crippen molar-refractivity contribution in [2.24, 2.45) is 0 Å². The minimum Gasteiger partial charge on any atom is -0.497 e. The largest absolute Gasteiger partial charge is 0.497 e. The number of carbonyl (C=O) groups excluding carboxylic acids is 2. The van der Waals surface area contributed by atoms with Crippen LogP contribution in [0.5, 0.6) is 5.75 Å². The van der Waals surface area contributed by atoms with E-state index >= 15 is 0 Å². The summed E-state index contributed by atoms with van der Waals surface area (Å²) < 4.78 is 15.7. The summed E-state index contributed by atoms with van der Waals surface area (Å²) in [5.41, 5.74) is 1.38. The smallest absolute Gasteiger partial charge is 0.314 e. The molecule has 0 bridgehead atoms. The summed E-state index contributed by atoms with van der Waals surface area (Å²) in [6.45, 7) is 3.95. The van der Waals surface area contributed by atoms with Crippen LogP contribution < -0.4 is 4.74 Å². The number of carbonyl (C=O) groups is 2. The highest BCUT2D eigenvalue weighted by molar-refractivity contribution is 5.90. The lowest BCUT2D eigenvalue weighted by molar-refractivity contribution is -0.153. The van der Waals surface area contributed by atoms with Gasteiger partial charge in [0.25, 0.3) is 0 Å². The number of benzene rings is 2. The molecule has 0 aliphatic heterocycles. The molecule has 0 aromatic heterocycles. The summed E-state index contributed by atoms with van der Waals surface area (Å²) in [7, 11) is 1.57. The van der Waals surface area contributed by atoms with E-state index in [0.717, 1.165) is 0 Å². The van der Waals surface area contributed by atoms with Crippen LogP contribution in [0.2, 0.25) is 0 Å². The van der Waals surface area contributed by atoms with E-state index in [1.165, 1.54) is 0 Å². The third-order valence-corrected chi connectivity index (χ3v) is 4.05. The van der Waals surface area contributed by atoms with E-state index in [1.54, 1.807) is 45.2 Å². The maximum absolute atomic E-state index is 12.8. The van der Waals surface area contributed by atoms with E-state index < -0.39 is 23.8 Å². The Bertz CT molecular complexity index is 709. The minimum absolute atomic E-state index is 0.232. The fraction of sp³-hybridized carbons (Fsp3) is 0.333. The van der Waals surface area contributed by atoms with E-state index in [1.807, 2.05) is 30.3 Å². The Hall–Kier alpha value is -2.82. The second-order valence-electron chi connectivity index (χ2n) is 5.64. The normalized spacial score (nSPS) is 12.7. The van der Waals surface area contributed by atoms with E-state index in [4.69, 9.17) is 14.2 Å². The summed E-state index contributed by atoms with van der Waals surface area (Å²) in [5.74, 6) is -1.83. The monoisotopic (exact) mass is 356 g/mol. The van der Waals surface area contributed by atoms with Gasteiger partial charge < -0.3 is 14.2 Å². The van der Waals surface area contributed by atoms with Gasteiger partial charge in [0.05, 0.1) is 32.2 Å². The Balaban J connectivity index is 2.53. The molecule has 2 aromatic carbocycles. The number of hydrogen-bond acceptors (Lipinski definition) is 5. The van der Waals surface area contributed by atoms with E-state index in [9.17, 15) is 9.59 Å². The molecule has 0 saturated carbocycles. The van der Waals surface area contributed by atoms with Crippen LogP contribution in [0.15, 0.2) is 54.6 Å². The van der Waals surface area contributed by atoms with Gasteiger partial charge in [-0.2, -0.15) is 0 Å². The zero-order chi connectivity index (χ0) is 18.9. The molecule has 0 fully saturated rings. The molecule has 0 aliphatic carbocycles.